The predicted molar refractivity (Wildman–Crippen MR) is 151 cm³/mol. The van der Waals surface area contributed by atoms with Crippen molar-refractivity contribution in [2.75, 3.05) is 31.2 Å². The van der Waals surface area contributed by atoms with Crippen LogP contribution in [-0.4, -0.2) is 51.9 Å². The van der Waals surface area contributed by atoms with E-state index in [0.29, 0.717) is 24.0 Å². The normalized spacial score (nSPS) is 17.1. The molecular weight excluding hydrogens is 518 g/mol. The Labute approximate surface area is 229 Å². The van der Waals surface area contributed by atoms with E-state index in [1.807, 2.05) is 24.6 Å². The molecule has 4 aromatic rings. The molecule has 6 rings (SSSR count). The maximum Gasteiger partial charge on any atom is 0.350 e. The van der Waals surface area contributed by atoms with Crippen molar-refractivity contribution in [2.45, 2.75) is 46.5 Å². The molecule has 198 valence electrons. The third-order valence-corrected chi connectivity index (χ3v) is 8.98. The molecule has 0 saturated carbocycles. The zero-order valence-corrected chi connectivity index (χ0v) is 23.5. The third kappa shape index (κ3) is 4.94. The van der Waals surface area contributed by atoms with E-state index in [2.05, 4.69) is 40.1 Å². The van der Waals surface area contributed by atoms with Gasteiger partial charge in [0, 0.05) is 31.0 Å². The van der Waals surface area contributed by atoms with Crippen molar-refractivity contribution >= 4 is 50.4 Å². The van der Waals surface area contributed by atoms with Gasteiger partial charge in [-0.15, -0.1) is 0 Å². The summed E-state index contributed by atoms with van der Waals surface area (Å²) >= 11 is 3.02. The number of allylic oxidation sites excluding steroid dienone is 1. The molecule has 1 aliphatic carbocycles. The van der Waals surface area contributed by atoms with Crippen molar-refractivity contribution < 1.29 is 14.3 Å². The standard InChI is InChI=1S/C28H31N5O3S2/c1-4-18-9-20-11-21(23-15-33-28(30-23)37-17(3)31-33)12-22(20)24(10-18)36-16-19-7-6-8-32(14-19)27-29-13-25(38-27)26(34)35-5-2/h9-10,12-13,15,19H,4-8,11,14,16H2,1-3H3. The van der Waals surface area contributed by atoms with Crippen LogP contribution < -0.4 is 9.64 Å². The molecule has 2 aliphatic rings. The first-order valence-electron chi connectivity index (χ1n) is 13.2. The van der Waals surface area contributed by atoms with Gasteiger partial charge in [0.05, 0.1) is 31.3 Å². The van der Waals surface area contributed by atoms with Crippen LogP contribution in [0.25, 0.3) is 16.6 Å². The summed E-state index contributed by atoms with van der Waals surface area (Å²) in [6.45, 7) is 8.83. The van der Waals surface area contributed by atoms with Crippen molar-refractivity contribution in [3.63, 3.8) is 0 Å². The highest BCUT2D eigenvalue weighted by molar-refractivity contribution is 7.17. The fourth-order valence-electron chi connectivity index (χ4n) is 5.22. The number of carbonyl (C=O) groups excluding carboxylic acids is 1. The van der Waals surface area contributed by atoms with Crippen molar-refractivity contribution in [1.82, 2.24) is 19.6 Å². The molecule has 0 amide bonds. The molecule has 0 radical (unpaired) electrons. The monoisotopic (exact) mass is 549 g/mol. The minimum Gasteiger partial charge on any atom is -0.493 e. The number of thiazole rings is 1. The summed E-state index contributed by atoms with van der Waals surface area (Å²) in [4.78, 5) is 25.1. The quantitative estimate of drug-likeness (QED) is 0.261. The predicted octanol–water partition coefficient (Wildman–Crippen LogP) is 5.69. The van der Waals surface area contributed by atoms with Crippen LogP contribution in [0.4, 0.5) is 5.13 Å². The summed E-state index contributed by atoms with van der Waals surface area (Å²) in [6.07, 6.45) is 9.90. The Morgan fingerprint density at radius 3 is 2.95 bits per heavy atom. The van der Waals surface area contributed by atoms with Crippen molar-refractivity contribution in [1.29, 1.82) is 0 Å². The van der Waals surface area contributed by atoms with Gasteiger partial charge < -0.3 is 14.4 Å². The van der Waals surface area contributed by atoms with E-state index in [1.165, 1.54) is 33.6 Å². The first kappa shape index (κ1) is 25.1. The molecule has 0 bridgehead atoms. The van der Waals surface area contributed by atoms with Gasteiger partial charge in [0.2, 0.25) is 4.96 Å². The Morgan fingerprint density at radius 2 is 2.13 bits per heavy atom. The lowest BCUT2D eigenvalue weighted by molar-refractivity contribution is 0.0532. The average Bonchev–Trinajstić information content (AvgIpc) is 3.70. The summed E-state index contributed by atoms with van der Waals surface area (Å²) in [5.41, 5.74) is 5.95. The number of rotatable bonds is 8. The number of carbonyl (C=O) groups is 1. The minimum absolute atomic E-state index is 0.299. The van der Waals surface area contributed by atoms with E-state index in [4.69, 9.17) is 14.5 Å². The number of anilines is 1. The largest absolute Gasteiger partial charge is 0.493 e. The third-order valence-electron chi connectivity index (χ3n) is 7.10. The fraction of sp³-hybridized carbons (Fsp3) is 0.429. The van der Waals surface area contributed by atoms with Crippen LogP contribution in [0, 0.1) is 12.8 Å². The smallest absolute Gasteiger partial charge is 0.350 e. The van der Waals surface area contributed by atoms with Gasteiger partial charge >= 0.3 is 5.97 Å². The zero-order chi connectivity index (χ0) is 26.2. The van der Waals surface area contributed by atoms with Crippen molar-refractivity contribution in [3.05, 3.63) is 56.8 Å². The highest BCUT2D eigenvalue weighted by Crippen LogP contribution is 2.38. The molecule has 0 N–H and O–H groups in total. The molecule has 1 aromatic carbocycles. The Hall–Kier alpha value is -3.24. The van der Waals surface area contributed by atoms with Gasteiger partial charge in [-0.05, 0) is 62.0 Å². The number of aryl methyl sites for hydroxylation is 2. The SMILES string of the molecule is CCOC(=O)c1cnc(N2CCCC(COc3cc(CC)cc4c3C=C(c3cn5nc(C)sc5n3)C4)C2)s1. The first-order valence-corrected chi connectivity index (χ1v) is 14.8. The molecule has 1 saturated heterocycles. The Balaban J connectivity index is 1.17. The fourth-order valence-corrected chi connectivity index (χ4v) is 6.79. The van der Waals surface area contributed by atoms with Gasteiger partial charge in [-0.3, -0.25) is 0 Å². The topological polar surface area (TPSA) is 81.8 Å². The molecule has 1 unspecified atom stereocenters. The zero-order valence-electron chi connectivity index (χ0n) is 21.9. The number of nitrogens with zero attached hydrogens (tertiary/aromatic N) is 5. The molecule has 3 aromatic heterocycles. The van der Waals surface area contributed by atoms with Gasteiger partial charge in [0.15, 0.2) is 5.13 Å². The summed E-state index contributed by atoms with van der Waals surface area (Å²) in [6, 6.07) is 4.50. The summed E-state index contributed by atoms with van der Waals surface area (Å²) in [5.74, 6) is 1.05. The molecule has 4 heterocycles. The van der Waals surface area contributed by atoms with Crippen LogP contribution in [0.15, 0.2) is 24.5 Å². The van der Waals surface area contributed by atoms with E-state index >= 15 is 0 Å². The Kier molecular flexibility index (Phi) is 6.92. The molecule has 1 aliphatic heterocycles. The molecule has 0 spiro atoms. The second kappa shape index (κ2) is 10.5. The second-order valence-corrected chi connectivity index (χ2v) is 12.0. The molecule has 1 fully saturated rings. The van der Waals surface area contributed by atoms with E-state index < -0.39 is 0 Å². The number of piperidine rings is 1. The number of benzene rings is 1. The summed E-state index contributed by atoms with van der Waals surface area (Å²) < 4.78 is 13.5. The van der Waals surface area contributed by atoms with Crippen molar-refractivity contribution in [3.8, 4) is 5.75 Å². The number of imidazole rings is 1. The average molecular weight is 550 g/mol. The van der Waals surface area contributed by atoms with Gasteiger partial charge in [-0.1, -0.05) is 35.7 Å². The van der Waals surface area contributed by atoms with Gasteiger partial charge in [0.1, 0.15) is 15.6 Å². The number of hydrogen-bond donors (Lipinski definition) is 0. The van der Waals surface area contributed by atoms with Gasteiger partial charge in [-0.25, -0.2) is 19.3 Å². The highest BCUT2D eigenvalue weighted by atomic mass is 32.1. The number of ether oxygens (including phenoxy) is 2. The molecule has 8 nitrogen and oxygen atoms in total. The Morgan fingerprint density at radius 1 is 1.24 bits per heavy atom. The summed E-state index contributed by atoms with van der Waals surface area (Å²) in [5, 5.41) is 6.41. The van der Waals surface area contributed by atoms with E-state index in [-0.39, 0.29) is 5.97 Å². The van der Waals surface area contributed by atoms with Crippen molar-refractivity contribution in [2.24, 2.45) is 5.92 Å². The van der Waals surface area contributed by atoms with E-state index in [0.717, 1.165) is 65.3 Å². The van der Waals surface area contributed by atoms with Crippen LogP contribution in [0.1, 0.15) is 63.8 Å². The molecule has 10 heteroatoms. The van der Waals surface area contributed by atoms with E-state index in [9.17, 15) is 4.79 Å². The van der Waals surface area contributed by atoms with Crippen LogP contribution >= 0.6 is 22.7 Å². The molecule has 1 atom stereocenters. The minimum atomic E-state index is -0.299. The number of fused-ring (bicyclic) bond motifs is 2. The number of aromatic nitrogens is 4. The van der Waals surface area contributed by atoms with Crippen LogP contribution in [0.2, 0.25) is 0 Å². The lowest BCUT2D eigenvalue weighted by atomic mass is 9.99. The molecule has 38 heavy (non-hydrogen) atoms. The van der Waals surface area contributed by atoms with Crippen LogP contribution in [0.3, 0.4) is 0 Å². The molecular formula is C28H31N5O3S2. The lowest BCUT2D eigenvalue weighted by Crippen LogP contribution is -2.37. The first-order chi connectivity index (χ1) is 18.5. The number of hydrogen-bond acceptors (Lipinski definition) is 9. The van der Waals surface area contributed by atoms with Crippen LogP contribution in [-0.2, 0) is 17.6 Å². The van der Waals surface area contributed by atoms with Gasteiger partial charge in [0.25, 0.3) is 0 Å². The lowest BCUT2D eigenvalue weighted by Gasteiger charge is -2.32. The maximum atomic E-state index is 12.1. The summed E-state index contributed by atoms with van der Waals surface area (Å²) in [7, 11) is 0. The maximum absolute atomic E-state index is 12.1. The highest BCUT2D eigenvalue weighted by Gasteiger charge is 2.26. The Bertz CT molecular complexity index is 1490. The number of esters is 1. The van der Waals surface area contributed by atoms with Crippen LogP contribution in [0.5, 0.6) is 5.75 Å². The van der Waals surface area contributed by atoms with Gasteiger partial charge in [-0.2, -0.15) is 5.10 Å². The second-order valence-electron chi connectivity index (χ2n) is 9.83. The van der Waals surface area contributed by atoms with E-state index in [1.54, 1.807) is 17.5 Å².